The van der Waals surface area contributed by atoms with Crippen LogP contribution in [-0.4, -0.2) is 20.1 Å². The molecule has 2 N–H and O–H groups in total. The predicted molar refractivity (Wildman–Crippen MR) is 108 cm³/mol. The second-order valence-corrected chi connectivity index (χ2v) is 7.88. The summed E-state index contributed by atoms with van der Waals surface area (Å²) in [6.07, 6.45) is 0. The molecule has 0 spiro atoms. The van der Waals surface area contributed by atoms with Crippen LogP contribution in [0.25, 0.3) is 0 Å². The van der Waals surface area contributed by atoms with Crippen molar-refractivity contribution < 1.29 is 22.4 Å². The van der Waals surface area contributed by atoms with Gasteiger partial charge in [-0.25, -0.2) is 12.8 Å². The van der Waals surface area contributed by atoms with Gasteiger partial charge in [0.15, 0.2) is 5.78 Å². The van der Waals surface area contributed by atoms with E-state index in [1.807, 2.05) is 0 Å². The van der Waals surface area contributed by atoms with Crippen LogP contribution >= 0.6 is 0 Å². The minimum atomic E-state index is -4.05. The van der Waals surface area contributed by atoms with Crippen molar-refractivity contribution in [2.24, 2.45) is 0 Å². The van der Waals surface area contributed by atoms with E-state index in [9.17, 15) is 22.4 Å². The second kappa shape index (κ2) is 8.24. The van der Waals surface area contributed by atoms with Gasteiger partial charge >= 0.3 is 0 Å². The number of rotatable bonds is 6. The van der Waals surface area contributed by atoms with Crippen LogP contribution < -0.4 is 10.0 Å². The third-order valence-corrected chi connectivity index (χ3v) is 5.41. The topological polar surface area (TPSA) is 92.3 Å². The Balaban J connectivity index is 1.89. The van der Waals surface area contributed by atoms with Crippen molar-refractivity contribution in [3.63, 3.8) is 0 Å². The number of amides is 1. The Morgan fingerprint density at radius 1 is 0.897 bits per heavy atom. The lowest BCUT2D eigenvalue weighted by molar-refractivity contribution is 0.101. The lowest BCUT2D eigenvalue weighted by Crippen LogP contribution is -2.19. The van der Waals surface area contributed by atoms with Gasteiger partial charge in [0.1, 0.15) is 5.82 Å². The molecule has 1 amide bonds. The molecule has 0 aromatic heterocycles. The van der Waals surface area contributed by atoms with E-state index in [0.717, 1.165) is 6.07 Å². The fourth-order valence-corrected chi connectivity index (χ4v) is 3.75. The molecule has 0 aliphatic carbocycles. The van der Waals surface area contributed by atoms with Gasteiger partial charge in [0.25, 0.3) is 15.9 Å². The van der Waals surface area contributed by atoms with Crippen LogP contribution in [0.5, 0.6) is 0 Å². The maximum absolute atomic E-state index is 13.3. The Bertz CT molecular complexity index is 1190. The molecule has 0 fully saturated rings. The molecular formula is C21H17FN2O4S. The molecule has 0 radical (unpaired) electrons. The molecule has 3 rings (SSSR count). The normalized spacial score (nSPS) is 11.0. The minimum Gasteiger partial charge on any atom is -0.322 e. The van der Waals surface area contributed by atoms with Gasteiger partial charge in [-0.1, -0.05) is 30.3 Å². The second-order valence-electron chi connectivity index (χ2n) is 6.20. The Morgan fingerprint density at radius 2 is 1.62 bits per heavy atom. The van der Waals surface area contributed by atoms with Crippen LogP contribution in [0.4, 0.5) is 15.8 Å². The third-order valence-electron chi connectivity index (χ3n) is 4.05. The maximum Gasteiger partial charge on any atom is 0.261 e. The van der Waals surface area contributed by atoms with E-state index < -0.39 is 21.7 Å². The third kappa shape index (κ3) is 4.85. The highest BCUT2D eigenvalue weighted by molar-refractivity contribution is 7.92. The Morgan fingerprint density at radius 3 is 2.34 bits per heavy atom. The highest BCUT2D eigenvalue weighted by atomic mass is 32.2. The van der Waals surface area contributed by atoms with Crippen LogP contribution in [0, 0.1) is 5.82 Å². The average Bonchev–Trinajstić information content (AvgIpc) is 2.68. The molecule has 3 aromatic carbocycles. The molecule has 0 heterocycles. The molecule has 0 atom stereocenters. The summed E-state index contributed by atoms with van der Waals surface area (Å²) in [5.41, 5.74) is 0.601. The van der Waals surface area contributed by atoms with Gasteiger partial charge in [0.2, 0.25) is 0 Å². The minimum absolute atomic E-state index is 0.0506. The number of anilines is 2. The van der Waals surface area contributed by atoms with Gasteiger partial charge in [0, 0.05) is 11.3 Å². The summed E-state index contributed by atoms with van der Waals surface area (Å²) >= 11 is 0. The number of halogens is 1. The molecule has 0 aliphatic heterocycles. The van der Waals surface area contributed by atoms with Gasteiger partial charge in [-0.3, -0.25) is 14.3 Å². The first-order valence-electron chi connectivity index (χ1n) is 8.56. The number of para-hydroxylation sites is 1. The van der Waals surface area contributed by atoms with Gasteiger partial charge in [0.05, 0.1) is 16.1 Å². The largest absolute Gasteiger partial charge is 0.322 e. The Labute approximate surface area is 167 Å². The number of hydrogen-bond acceptors (Lipinski definition) is 4. The van der Waals surface area contributed by atoms with Crippen molar-refractivity contribution in [3.05, 3.63) is 89.7 Å². The van der Waals surface area contributed by atoms with Crippen LogP contribution in [0.15, 0.2) is 77.7 Å². The SMILES string of the molecule is CC(=O)c1cccc(S(=O)(=O)Nc2ccccc2C(=O)Nc2cccc(F)c2)c1. The summed E-state index contributed by atoms with van der Waals surface area (Å²) in [5.74, 6) is -1.38. The predicted octanol–water partition coefficient (Wildman–Crippen LogP) is 4.08. The van der Waals surface area contributed by atoms with Gasteiger partial charge in [-0.2, -0.15) is 0 Å². The summed E-state index contributed by atoms with van der Waals surface area (Å²) in [5, 5.41) is 2.53. The first-order chi connectivity index (χ1) is 13.8. The number of sulfonamides is 1. The molecule has 0 saturated heterocycles. The molecule has 0 saturated carbocycles. The molecule has 29 heavy (non-hydrogen) atoms. The number of ketones is 1. The standard InChI is InChI=1S/C21H17FN2O4S/c1-14(25)15-6-4-9-18(12-15)29(27,28)24-20-11-3-2-10-19(20)21(26)23-17-8-5-7-16(22)13-17/h2-13,24H,1H3,(H,23,26). The molecule has 0 aliphatic rings. The first-order valence-corrected chi connectivity index (χ1v) is 10.0. The molecular weight excluding hydrogens is 395 g/mol. The highest BCUT2D eigenvalue weighted by Crippen LogP contribution is 2.22. The average molecular weight is 412 g/mol. The number of benzene rings is 3. The van der Waals surface area contributed by atoms with E-state index in [1.54, 1.807) is 12.1 Å². The zero-order chi connectivity index (χ0) is 21.0. The summed E-state index contributed by atoms with van der Waals surface area (Å²) in [6, 6.07) is 17.0. The number of carbonyl (C=O) groups is 2. The summed E-state index contributed by atoms with van der Waals surface area (Å²) in [4.78, 5) is 24.0. The maximum atomic E-state index is 13.3. The summed E-state index contributed by atoms with van der Waals surface area (Å²) < 4.78 is 41.2. The lowest BCUT2D eigenvalue weighted by atomic mass is 10.1. The van der Waals surface area contributed by atoms with Gasteiger partial charge in [-0.15, -0.1) is 0 Å². The van der Waals surface area contributed by atoms with Crippen molar-refractivity contribution in [2.45, 2.75) is 11.8 Å². The summed E-state index contributed by atoms with van der Waals surface area (Å²) in [7, 11) is -4.05. The van der Waals surface area contributed by atoms with Crippen LogP contribution in [0.1, 0.15) is 27.6 Å². The van der Waals surface area contributed by atoms with Crippen molar-refractivity contribution >= 4 is 33.1 Å². The zero-order valence-corrected chi connectivity index (χ0v) is 16.2. The van der Waals surface area contributed by atoms with Crippen molar-refractivity contribution in [2.75, 3.05) is 10.0 Å². The van der Waals surface area contributed by atoms with Crippen molar-refractivity contribution in [3.8, 4) is 0 Å². The molecule has 8 heteroatoms. The van der Waals surface area contributed by atoms with E-state index >= 15 is 0 Å². The molecule has 0 bridgehead atoms. The van der Waals surface area contributed by atoms with E-state index in [1.165, 1.54) is 61.5 Å². The Kier molecular flexibility index (Phi) is 5.74. The van der Waals surface area contributed by atoms with Crippen molar-refractivity contribution in [1.82, 2.24) is 0 Å². The zero-order valence-electron chi connectivity index (χ0n) is 15.3. The molecule has 3 aromatic rings. The smallest absolute Gasteiger partial charge is 0.261 e. The van der Waals surface area contributed by atoms with Gasteiger partial charge < -0.3 is 5.32 Å². The highest BCUT2D eigenvalue weighted by Gasteiger charge is 2.19. The number of hydrogen-bond donors (Lipinski definition) is 2. The molecule has 0 unspecified atom stereocenters. The van der Waals surface area contributed by atoms with E-state index in [-0.39, 0.29) is 33.2 Å². The van der Waals surface area contributed by atoms with Gasteiger partial charge in [-0.05, 0) is 49.4 Å². The fraction of sp³-hybridized carbons (Fsp3) is 0.0476. The van der Waals surface area contributed by atoms with Crippen LogP contribution in [0.2, 0.25) is 0 Å². The van der Waals surface area contributed by atoms with Crippen LogP contribution in [0.3, 0.4) is 0 Å². The quantitative estimate of drug-likeness (QED) is 0.597. The first kappa shape index (κ1) is 20.2. The van der Waals surface area contributed by atoms with Crippen molar-refractivity contribution in [1.29, 1.82) is 0 Å². The van der Waals surface area contributed by atoms with E-state index in [4.69, 9.17) is 0 Å². The number of nitrogens with one attached hydrogen (secondary N) is 2. The van der Waals surface area contributed by atoms with Crippen LogP contribution in [-0.2, 0) is 10.0 Å². The summed E-state index contributed by atoms with van der Waals surface area (Å²) in [6.45, 7) is 1.34. The molecule has 6 nitrogen and oxygen atoms in total. The number of carbonyl (C=O) groups excluding carboxylic acids is 2. The lowest BCUT2D eigenvalue weighted by Gasteiger charge is -2.13. The van der Waals surface area contributed by atoms with E-state index in [2.05, 4.69) is 10.0 Å². The van der Waals surface area contributed by atoms with E-state index in [0.29, 0.717) is 0 Å². The Hall–Kier alpha value is -3.52. The fourth-order valence-electron chi connectivity index (χ4n) is 2.62. The molecule has 148 valence electrons. The monoisotopic (exact) mass is 412 g/mol. The number of Topliss-reactive ketones (excluding diaryl/α,β-unsaturated/α-hetero) is 1.